The molecule has 0 rings (SSSR count). The van der Waals surface area contributed by atoms with Crippen LogP contribution in [0.1, 0.15) is 41.5 Å². The summed E-state index contributed by atoms with van der Waals surface area (Å²) in [5.74, 6) is 0. The smallest absolute Gasteiger partial charge is 0.154 e. The van der Waals surface area contributed by atoms with Gasteiger partial charge < -0.3 is 0 Å². The summed E-state index contributed by atoms with van der Waals surface area (Å²) in [7, 11) is 0. The number of hydrogen-bond donors (Lipinski definition) is 2. The lowest BCUT2D eigenvalue weighted by atomic mass is 9.99. The molecule has 0 aromatic heterocycles. The van der Waals surface area contributed by atoms with Gasteiger partial charge in [-0.2, -0.15) is 10.4 Å². The summed E-state index contributed by atoms with van der Waals surface area (Å²) in [5, 5.41) is 19.4. The molecule has 0 spiro atoms. The van der Waals surface area contributed by atoms with E-state index in [9.17, 15) is 10.4 Å². The van der Waals surface area contributed by atoms with E-state index in [0.29, 0.717) is 0 Å². The molecule has 0 amide bonds. The van der Waals surface area contributed by atoms with Crippen LogP contribution in [-0.4, -0.2) is 26.3 Å². The molecule has 0 atom stereocenters. The quantitative estimate of drug-likeness (QED) is 0.423. The highest BCUT2D eigenvalue weighted by molar-refractivity contribution is 4.65. The lowest BCUT2D eigenvalue weighted by Crippen LogP contribution is -2.65. The summed E-state index contributed by atoms with van der Waals surface area (Å²) < 4.78 is 0. The zero-order chi connectivity index (χ0) is 9.50. The third-order valence-electron chi connectivity index (χ3n) is 1.87. The van der Waals surface area contributed by atoms with E-state index in [2.05, 4.69) is 0 Å². The Morgan fingerprint density at radius 1 is 0.727 bits per heavy atom. The minimum atomic E-state index is -0.958. The van der Waals surface area contributed by atoms with Crippen LogP contribution in [-0.2, 0) is 0 Å². The fraction of sp³-hybridized carbons (Fsp3) is 1.00. The van der Waals surface area contributed by atoms with Crippen LogP contribution < -0.4 is 0 Å². The van der Waals surface area contributed by atoms with Crippen LogP contribution in [0.4, 0.5) is 0 Å². The third kappa shape index (κ3) is 1.92. The highest BCUT2D eigenvalue weighted by Gasteiger charge is 2.49. The first kappa shape index (κ1) is 10.9. The molecular formula is C8H20NO2+. The first-order chi connectivity index (χ1) is 4.50. The summed E-state index contributed by atoms with van der Waals surface area (Å²) in [4.78, 5) is -0.958. The van der Waals surface area contributed by atoms with Crippen molar-refractivity contribution in [2.75, 3.05) is 0 Å². The van der Waals surface area contributed by atoms with E-state index in [1.807, 2.05) is 0 Å². The van der Waals surface area contributed by atoms with Crippen LogP contribution in [0.2, 0.25) is 0 Å². The van der Waals surface area contributed by atoms with Gasteiger partial charge in [-0.25, -0.2) is 0 Å². The predicted molar refractivity (Wildman–Crippen MR) is 43.3 cm³/mol. The second-order valence-electron chi connectivity index (χ2n) is 4.94. The summed E-state index contributed by atoms with van der Waals surface area (Å²) in [6.07, 6.45) is 0. The van der Waals surface area contributed by atoms with Crippen molar-refractivity contribution in [3.05, 3.63) is 0 Å². The van der Waals surface area contributed by atoms with Crippen molar-refractivity contribution >= 4 is 0 Å². The van der Waals surface area contributed by atoms with Gasteiger partial charge in [0.05, 0.1) is 0 Å². The van der Waals surface area contributed by atoms with E-state index < -0.39 is 15.9 Å². The maximum Gasteiger partial charge on any atom is 0.154 e. The highest BCUT2D eigenvalue weighted by atomic mass is 16.8. The van der Waals surface area contributed by atoms with Gasteiger partial charge in [0.1, 0.15) is 0 Å². The Hall–Kier alpha value is -0.120. The van der Waals surface area contributed by atoms with E-state index in [4.69, 9.17) is 0 Å². The van der Waals surface area contributed by atoms with Gasteiger partial charge in [0, 0.05) is 0 Å². The molecule has 0 saturated heterocycles. The fourth-order valence-electron chi connectivity index (χ4n) is 1.01. The van der Waals surface area contributed by atoms with Crippen LogP contribution >= 0.6 is 0 Å². The average Bonchev–Trinajstić information content (AvgIpc) is 1.58. The maximum absolute atomic E-state index is 9.68. The molecule has 0 aromatic carbocycles. The minimum absolute atomic E-state index is 0.571. The first-order valence-electron chi connectivity index (χ1n) is 3.85. The van der Waals surface area contributed by atoms with Crippen molar-refractivity contribution in [3.63, 3.8) is 0 Å². The van der Waals surface area contributed by atoms with Crippen molar-refractivity contribution in [1.82, 2.24) is 0 Å². The standard InChI is InChI=1S/C8H20NO2/c1-7(2,3)9(10,11)8(4,5)6/h10-11H,1-6H3/q+1. The van der Waals surface area contributed by atoms with Gasteiger partial charge in [0.2, 0.25) is 0 Å². The Labute approximate surface area is 68.8 Å². The van der Waals surface area contributed by atoms with Gasteiger partial charge in [0.15, 0.2) is 11.1 Å². The molecule has 0 unspecified atom stereocenters. The number of quaternary nitrogens is 1. The zero-order valence-corrected chi connectivity index (χ0v) is 8.34. The SMILES string of the molecule is CC(C)(C)[N+](O)(O)C(C)(C)C. The van der Waals surface area contributed by atoms with Gasteiger partial charge in [-0.05, 0) is 46.4 Å². The molecule has 0 aromatic rings. The predicted octanol–water partition coefficient (Wildman–Crippen LogP) is 2.18. The van der Waals surface area contributed by atoms with Crippen LogP contribution in [0.25, 0.3) is 0 Å². The van der Waals surface area contributed by atoms with Gasteiger partial charge in [0.25, 0.3) is 0 Å². The largest absolute Gasteiger partial charge is 0.181 e. The summed E-state index contributed by atoms with van der Waals surface area (Å²) in [6, 6.07) is 0. The summed E-state index contributed by atoms with van der Waals surface area (Å²) >= 11 is 0. The lowest BCUT2D eigenvalue weighted by molar-refractivity contribution is -1.30. The Bertz CT molecular complexity index is 123. The summed E-state index contributed by atoms with van der Waals surface area (Å²) in [6.45, 7) is 10.7. The molecule has 0 saturated carbocycles. The molecule has 0 aliphatic heterocycles. The highest BCUT2D eigenvalue weighted by Crippen LogP contribution is 2.29. The van der Waals surface area contributed by atoms with Gasteiger partial charge in [-0.15, -0.1) is 0 Å². The first-order valence-corrected chi connectivity index (χ1v) is 3.85. The van der Waals surface area contributed by atoms with Crippen LogP contribution in [0, 0.1) is 0 Å². The van der Waals surface area contributed by atoms with Crippen molar-refractivity contribution < 1.29 is 15.2 Å². The molecule has 0 heterocycles. The van der Waals surface area contributed by atoms with Crippen LogP contribution in [0.3, 0.4) is 0 Å². The maximum atomic E-state index is 9.68. The third-order valence-corrected chi connectivity index (χ3v) is 1.87. The van der Waals surface area contributed by atoms with Gasteiger partial charge in [-0.3, -0.25) is 0 Å². The van der Waals surface area contributed by atoms with E-state index >= 15 is 0 Å². The molecule has 3 heteroatoms. The van der Waals surface area contributed by atoms with Crippen molar-refractivity contribution in [3.8, 4) is 0 Å². The Kier molecular flexibility index (Phi) is 2.41. The van der Waals surface area contributed by atoms with Crippen molar-refractivity contribution in [2.45, 2.75) is 52.6 Å². The monoisotopic (exact) mass is 162 g/mol. The fourth-order valence-corrected chi connectivity index (χ4v) is 1.01. The zero-order valence-electron chi connectivity index (χ0n) is 8.34. The summed E-state index contributed by atoms with van der Waals surface area (Å²) in [5.41, 5.74) is -1.14. The Balaban J connectivity index is 4.75. The normalized spacial score (nSPS) is 15.3. The molecule has 0 fully saturated rings. The Morgan fingerprint density at radius 2 is 0.909 bits per heavy atom. The number of hydroxylamine groups is 4. The molecule has 0 bridgehead atoms. The van der Waals surface area contributed by atoms with E-state index in [-0.39, 0.29) is 0 Å². The molecule has 0 aliphatic carbocycles. The van der Waals surface area contributed by atoms with E-state index in [0.717, 1.165) is 0 Å². The number of nitrogens with zero attached hydrogens (tertiary/aromatic N) is 1. The second kappa shape index (κ2) is 2.44. The molecular weight excluding hydrogens is 142 g/mol. The topological polar surface area (TPSA) is 40.5 Å². The van der Waals surface area contributed by atoms with Crippen LogP contribution in [0.15, 0.2) is 0 Å². The lowest BCUT2D eigenvalue weighted by Gasteiger charge is -2.42. The van der Waals surface area contributed by atoms with E-state index in [1.165, 1.54) is 0 Å². The van der Waals surface area contributed by atoms with E-state index in [1.54, 1.807) is 41.5 Å². The molecule has 68 valence electrons. The molecule has 0 aliphatic rings. The van der Waals surface area contributed by atoms with Gasteiger partial charge in [-0.1, -0.05) is 0 Å². The number of hydrogen-bond acceptors (Lipinski definition) is 2. The molecule has 3 nitrogen and oxygen atoms in total. The molecule has 11 heavy (non-hydrogen) atoms. The van der Waals surface area contributed by atoms with Gasteiger partial charge >= 0.3 is 0 Å². The van der Waals surface area contributed by atoms with Crippen LogP contribution in [0.5, 0.6) is 0 Å². The second-order valence-corrected chi connectivity index (χ2v) is 4.94. The Morgan fingerprint density at radius 3 is 0.909 bits per heavy atom. The van der Waals surface area contributed by atoms with Crippen molar-refractivity contribution in [2.24, 2.45) is 0 Å². The number of rotatable bonds is 0. The molecule has 0 radical (unpaired) electrons. The molecule has 2 N–H and O–H groups in total. The average molecular weight is 162 g/mol. The minimum Gasteiger partial charge on any atom is -0.181 e. The van der Waals surface area contributed by atoms with Crippen molar-refractivity contribution in [1.29, 1.82) is 0 Å².